The SMILES string of the molecule is C[C@@H]1CNC[C@@H](C)N1C1CC(O)C1. The normalized spacial score (nSPS) is 47.3. The minimum absolute atomic E-state index is 0.0284. The third-order valence-corrected chi connectivity index (χ3v) is 3.41. The number of hydrogen-bond donors (Lipinski definition) is 2. The number of rotatable bonds is 1. The summed E-state index contributed by atoms with van der Waals surface area (Å²) in [5, 5.41) is 12.7. The minimum atomic E-state index is -0.0284. The van der Waals surface area contributed by atoms with Gasteiger partial charge in [0, 0.05) is 31.2 Å². The second-order valence-corrected chi connectivity index (χ2v) is 4.58. The van der Waals surface area contributed by atoms with Crippen molar-refractivity contribution in [2.75, 3.05) is 13.1 Å². The standard InChI is InChI=1S/C10H20N2O/c1-7-5-11-6-8(2)12(7)9-3-10(13)4-9/h7-11,13H,3-6H2,1-2H3/t7-,8-,9?,10?/m1/s1. The van der Waals surface area contributed by atoms with Gasteiger partial charge in [0.05, 0.1) is 6.10 Å². The first-order valence-corrected chi connectivity index (χ1v) is 5.34. The van der Waals surface area contributed by atoms with Crippen molar-refractivity contribution in [2.45, 2.75) is 50.9 Å². The Hall–Kier alpha value is -0.120. The van der Waals surface area contributed by atoms with Crippen LogP contribution in [0, 0.1) is 0 Å². The van der Waals surface area contributed by atoms with Gasteiger partial charge >= 0.3 is 0 Å². The first-order chi connectivity index (χ1) is 6.18. The summed E-state index contributed by atoms with van der Waals surface area (Å²) >= 11 is 0. The van der Waals surface area contributed by atoms with Crippen LogP contribution in [0.5, 0.6) is 0 Å². The van der Waals surface area contributed by atoms with Gasteiger partial charge in [-0.15, -0.1) is 0 Å². The molecule has 1 aliphatic heterocycles. The smallest absolute Gasteiger partial charge is 0.0570 e. The van der Waals surface area contributed by atoms with Gasteiger partial charge in [0.2, 0.25) is 0 Å². The van der Waals surface area contributed by atoms with Gasteiger partial charge in [0.1, 0.15) is 0 Å². The molecule has 0 aromatic carbocycles. The van der Waals surface area contributed by atoms with Crippen LogP contribution in [0.2, 0.25) is 0 Å². The second kappa shape index (κ2) is 3.56. The molecular weight excluding hydrogens is 164 g/mol. The van der Waals surface area contributed by atoms with Crippen LogP contribution in [0.15, 0.2) is 0 Å². The van der Waals surface area contributed by atoms with Crippen LogP contribution in [-0.4, -0.2) is 47.3 Å². The van der Waals surface area contributed by atoms with Gasteiger partial charge in [-0.25, -0.2) is 0 Å². The topological polar surface area (TPSA) is 35.5 Å². The van der Waals surface area contributed by atoms with E-state index in [0.717, 1.165) is 25.9 Å². The molecule has 2 N–H and O–H groups in total. The maximum atomic E-state index is 9.28. The van der Waals surface area contributed by atoms with Crippen molar-refractivity contribution in [1.29, 1.82) is 0 Å². The van der Waals surface area contributed by atoms with Crippen molar-refractivity contribution >= 4 is 0 Å². The average molecular weight is 184 g/mol. The molecular formula is C10H20N2O. The molecule has 2 aliphatic rings. The van der Waals surface area contributed by atoms with Gasteiger partial charge in [-0.2, -0.15) is 0 Å². The molecule has 2 fully saturated rings. The zero-order valence-electron chi connectivity index (χ0n) is 8.53. The average Bonchev–Trinajstić information content (AvgIpc) is 2.00. The summed E-state index contributed by atoms with van der Waals surface area (Å²) in [6.45, 7) is 6.73. The lowest BCUT2D eigenvalue weighted by Gasteiger charge is -2.49. The molecule has 0 radical (unpaired) electrons. The summed E-state index contributed by atoms with van der Waals surface area (Å²) in [7, 11) is 0. The lowest BCUT2D eigenvalue weighted by Crippen LogP contribution is -2.62. The fraction of sp³-hybridized carbons (Fsp3) is 1.00. The van der Waals surface area contributed by atoms with E-state index in [-0.39, 0.29) is 6.10 Å². The van der Waals surface area contributed by atoms with E-state index >= 15 is 0 Å². The van der Waals surface area contributed by atoms with Crippen molar-refractivity contribution in [1.82, 2.24) is 10.2 Å². The predicted molar refractivity (Wildman–Crippen MR) is 52.7 cm³/mol. The maximum absolute atomic E-state index is 9.28. The lowest BCUT2D eigenvalue weighted by atomic mass is 9.85. The quantitative estimate of drug-likeness (QED) is 0.611. The van der Waals surface area contributed by atoms with Gasteiger partial charge in [0.15, 0.2) is 0 Å². The number of hydrogen-bond acceptors (Lipinski definition) is 3. The zero-order valence-corrected chi connectivity index (χ0v) is 8.53. The van der Waals surface area contributed by atoms with Crippen LogP contribution in [0.3, 0.4) is 0 Å². The molecule has 0 spiro atoms. The van der Waals surface area contributed by atoms with E-state index in [1.54, 1.807) is 0 Å². The van der Waals surface area contributed by atoms with Crippen LogP contribution in [0.4, 0.5) is 0 Å². The van der Waals surface area contributed by atoms with E-state index in [9.17, 15) is 5.11 Å². The molecule has 2 rings (SSSR count). The van der Waals surface area contributed by atoms with E-state index in [0.29, 0.717) is 18.1 Å². The van der Waals surface area contributed by atoms with Gasteiger partial charge in [-0.3, -0.25) is 4.90 Å². The molecule has 1 saturated heterocycles. The summed E-state index contributed by atoms with van der Waals surface area (Å²) in [6.07, 6.45) is 1.93. The highest BCUT2D eigenvalue weighted by molar-refractivity contribution is 4.94. The number of aliphatic hydroxyl groups is 1. The Morgan fingerprint density at radius 2 is 1.69 bits per heavy atom. The van der Waals surface area contributed by atoms with Crippen molar-refractivity contribution < 1.29 is 5.11 Å². The highest BCUT2D eigenvalue weighted by Crippen LogP contribution is 2.29. The number of nitrogens with zero attached hydrogens (tertiary/aromatic N) is 1. The summed E-state index contributed by atoms with van der Waals surface area (Å²) < 4.78 is 0. The Balaban J connectivity index is 1.94. The maximum Gasteiger partial charge on any atom is 0.0570 e. The third-order valence-electron chi connectivity index (χ3n) is 3.41. The minimum Gasteiger partial charge on any atom is -0.393 e. The molecule has 3 nitrogen and oxygen atoms in total. The van der Waals surface area contributed by atoms with Crippen molar-refractivity contribution in [3.05, 3.63) is 0 Å². The zero-order chi connectivity index (χ0) is 9.42. The molecule has 1 saturated carbocycles. The molecule has 0 unspecified atom stereocenters. The fourth-order valence-electron chi connectivity index (χ4n) is 2.67. The lowest BCUT2D eigenvalue weighted by molar-refractivity contribution is -0.0410. The molecule has 1 heterocycles. The molecule has 0 aromatic rings. The second-order valence-electron chi connectivity index (χ2n) is 4.58. The number of piperazine rings is 1. The number of aliphatic hydroxyl groups excluding tert-OH is 1. The predicted octanol–water partition coefficient (Wildman–Crippen LogP) is 0.192. The highest BCUT2D eigenvalue weighted by Gasteiger charge is 2.38. The first kappa shape index (κ1) is 9.44. The monoisotopic (exact) mass is 184 g/mol. The largest absolute Gasteiger partial charge is 0.393 e. The third kappa shape index (κ3) is 1.73. The fourth-order valence-corrected chi connectivity index (χ4v) is 2.67. The highest BCUT2D eigenvalue weighted by atomic mass is 16.3. The Morgan fingerprint density at radius 3 is 2.15 bits per heavy atom. The van der Waals surface area contributed by atoms with Crippen LogP contribution in [-0.2, 0) is 0 Å². The molecule has 0 aromatic heterocycles. The summed E-state index contributed by atoms with van der Waals surface area (Å²) in [4.78, 5) is 2.57. The van der Waals surface area contributed by atoms with Gasteiger partial charge in [0.25, 0.3) is 0 Å². The van der Waals surface area contributed by atoms with Crippen LogP contribution >= 0.6 is 0 Å². The van der Waals surface area contributed by atoms with Crippen LogP contribution < -0.4 is 5.32 Å². The van der Waals surface area contributed by atoms with Gasteiger partial charge in [-0.1, -0.05) is 0 Å². The molecule has 2 atom stereocenters. The Kier molecular flexibility index (Phi) is 2.58. The number of nitrogens with one attached hydrogen (secondary N) is 1. The molecule has 1 aliphatic carbocycles. The molecule has 76 valence electrons. The van der Waals surface area contributed by atoms with Crippen molar-refractivity contribution in [3.63, 3.8) is 0 Å². The Labute approximate surface area is 80.1 Å². The van der Waals surface area contributed by atoms with E-state index in [1.165, 1.54) is 0 Å². The van der Waals surface area contributed by atoms with Crippen molar-refractivity contribution in [3.8, 4) is 0 Å². The summed E-state index contributed by atoms with van der Waals surface area (Å²) in [5.74, 6) is 0. The van der Waals surface area contributed by atoms with Gasteiger partial charge in [-0.05, 0) is 26.7 Å². The summed E-state index contributed by atoms with van der Waals surface area (Å²) in [5.41, 5.74) is 0. The van der Waals surface area contributed by atoms with Crippen LogP contribution in [0.1, 0.15) is 26.7 Å². The van der Waals surface area contributed by atoms with E-state index in [4.69, 9.17) is 0 Å². The van der Waals surface area contributed by atoms with E-state index in [1.807, 2.05) is 0 Å². The molecule has 0 amide bonds. The Bertz CT molecular complexity index is 170. The molecule has 3 heteroatoms. The van der Waals surface area contributed by atoms with Crippen LogP contribution in [0.25, 0.3) is 0 Å². The van der Waals surface area contributed by atoms with Gasteiger partial charge < -0.3 is 10.4 Å². The van der Waals surface area contributed by atoms with Crippen molar-refractivity contribution in [2.24, 2.45) is 0 Å². The molecule has 0 bridgehead atoms. The van der Waals surface area contributed by atoms with E-state index < -0.39 is 0 Å². The summed E-state index contributed by atoms with van der Waals surface area (Å²) in [6, 6.07) is 1.89. The van der Waals surface area contributed by atoms with E-state index in [2.05, 4.69) is 24.1 Å². The Morgan fingerprint density at radius 1 is 1.15 bits per heavy atom. The first-order valence-electron chi connectivity index (χ1n) is 5.34. The molecule has 13 heavy (non-hydrogen) atoms.